The quantitative estimate of drug-likeness (QED) is 0.443. The molecule has 0 bridgehead atoms. The molecule has 134 valence electrons. The summed E-state index contributed by atoms with van der Waals surface area (Å²) in [5.74, 6) is 5.04. The topological polar surface area (TPSA) is 63.2 Å². The van der Waals surface area contributed by atoms with Gasteiger partial charge in [0, 0.05) is 17.2 Å². The molecule has 2 atom stereocenters. The molecule has 1 heterocycles. The summed E-state index contributed by atoms with van der Waals surface area (Å²) in [4.78, 5) is 12.9. The molecule has 0 saturated heterocycles. The van der Waals surface area contributed by atoms with E-state index in [9.17, 15) is 13.2 Å². The number of Topliss-reactive ketones (excluding diaryl/α,β-unsaturated/α-hetero) is 1. The molecule has 1 aromatic rings. The van der Waals surface area contributed by atoms with E-state index in [1.165, 1.54) is 12.2 Å². The number of hydrogen-bond donors (Lipinski definition) is 1. The van der Waals surface area contributed by atoms with Crippen molar-refractivity contribution in [2.45, 2.75) is 16.5 Å². The Labute approximate surface area is 166 Å². The van der Waals surface area contributed by atoms with Crippen LogP contribution in [0.5, 0.6) is 0 Å². The number of hydrogen-bond acceptors (Lipinski definition) is 4. The molecule has 0 spiro atoms. The van der Waals surface area contributed by atoms with E-state index in [1.807, 2.05) is 0 Å². The van der Waals surface area contributed by atoms with Crippen LogP contribution in [0.15, 0.2) is 64.1 Å². The highest BCUT2D eigenvalue weighted by Crippen LogP contribution is 2.38. The number of sulfonamides is 1. The summed E-state index contributed by atoms with van der Waals surface area (Å²) in [5.41, 5.74) is 0.655. The lowest BCUT2D eigenvalue weighted by molar-refractivity contribution is 0.103. The van der Waals surface area contributed by atoms with Crippen molar-refractivity contribution in [3.05, 3.63) is 69.6 Å². The average molecular weight is 426 g/mol. The SMILES string of the molecule is O=C(C1=CC(Cl)C#CC=C1NS(=O)(=O)C1=CCC(Cl)S1)c1ccccc1. The number of benzene rings is 1. The van der Waals surface area contributed by atoms with Crippen molar-refractivity contribution in [3.8, 4) is 11.8 Å². The summed E-state index contributed by atoms with van der Waals surface area (Å²) in [7, 11) is -3.86. The summed E-state index contributed by atoms with van der Waals surface area (Å²) in [6.07, 6.45) is 4.81. The summed E-state index contributed by atoms with van der Waals surface area (Å²) in [5, 5.41) is -0.705. The largest absolute Gasteiger partial charge is 0.289 e. The standard InChI is InChI=1S/C18H13Cl2NO3S2/c19-13-7-4-8-15(21-26(23,24)17-10-9-16(20)25-17)14(11-13)18(22)12-5-2-1-3-6-12/h1-3,5-6,8,10-11,13,16,21H,9H2. The molecule has 3 rings (SSSR count). The number of halogens is 2. The molecule has 26 heavy (non-hydrogen) atoms. The third kappa shape index (κ3) is 4.36. The number of ketones is 1. The molecule has 0 amide bonds. The van der Waals surface area contributed by atoms with Crippen LogP contribution in [0.2, 0.25) is 0 Å². The summed E-state index contributed by atoms with van der Waals surface area (Å²) in [6.45, 7) is 0. The van der Waals surface area contributed by atoms with E-state index in [4.69, 9.17) is 23.2 Å². The molecule has 0 fully saturated rings. The Hall–Kier alpha value is -1.65. The minimum absolute atomic E-state index is 0.0917. The third-order valence-corrected chi connectivity index (χ3v) is 7.20. The van der Waals surface area contributed by atoms with Crippen molar-refractivity contribution in [2.24, 2.45) is 0 Å². The Bertz CT molecular complexity index is 986. The van der Waals surface area contributed by atoms with Crippen molar-refractivity contribution >= 4 is 50.8 Å². The monoisotopic (exact) mass is 425 g/mol. The molecule has 2 unspecified atom stereocenters. The van der Waals surface area contributed by atoms with Gasteiger partial charge in [0.1, 0.15) is 9.61 Å². The van der Waals surface area contributed by atoms with Crippen LogP contribution in [0.25, 0.3) is 0 Å². The van der Waals surface area contributed by atoms with Crippen molar-refractivity contribution < 1.29 is 13.2 Å². The Balaban J connectivity index is 1.93. The number of thioether (sulfide) groups is 1. The fourth-order valence-electron chi connectivity index (χ4n) is 2.36. The van der Waals surface area contributed by atoms with Gasteiger partial charge < -0.3 is 0 Å². The number of alkyl halides is 2. The number of rotatable bonds is 5. The molecular weight excluding hydrogens is 413 g/mol. The second-order valence-corrected chi connectivity index (χ2v) is 9.83. The lowest BCUT2D eigenvalue weighted by atomic mass is 10.0. The molecule has 0 saturated carbocycles. The Morgan fingerprint density at radius 1 is 1.23 bits per heavy atom. The fourth-order valence-corrected chi connectivity index (χ4v) is 5.57. The highest BCUT2D eigenvalue weighted by Gasteiger charge is 2.29. The van der Waals surface area contributed by atoms with Crippen LogP contribution in [-0.4, -0.2) is 24.3 Å². The maximum Gasteiger partial charge on any atom is 0.267 e. The first-order valence-electron chi connectivity index (χ1n) is 7.58. The van der Waals surface area contributed by atoms with E-state index in [2.05, 4.69) is 16.6 Å². The molecule has 8 heteroatoms. The highest BCUT2D eigenvalue weighted by molar-refractivity contribution is 8.19. The summed E-state index contributed by atoms with van der Waals surface area (Å²) in [6, 6.07) is 8.55. The van der Waals surface area contributed by atoms with Gasteiger partial charge in [-0.2, -0.15) is 0 Å². The van der Waals surface area contributed by atoms with Gasteiger partial charge in [0.2, 0.25) is 0 Å². The highest BCUT2D eigenvalue weighted by atomic mass is 35.5. The molecule has 2 aliphatic rings. The number of allylic oxidation sites excluding steroid dienone is 4. The van der Waals surface area contributed by atoms with Gasteiger partial charge in [0.05, 0.1) is 10.4 Å². The van der Waals surface area contributed by atoms with E-state index < -0.39 is 15.4 Å². The third-order valence-electron chi connectivity index (χ3n) is 3.54. The van der Waals surface area contributed by atoms with Crippen LogP contribution in [-0.2, 0) is 10.0 Å². The molecule has 1 N–H and O–H groups in total. The van der Waals surface area contributed by atoms with Crippen LogP contribution >= 0.6 is 35.0 Å². The normalized spacial score (nSPS) is 22.3. The van der Waals surface area contributed by atoms with Crippen molar-refractivity contribution in [2.75, 3.05) is 0 Å². The van der Waals surface area contributed by atoms with Crippen LogP contribution < -0.4 is 4.72 Å². The van der Waals surface area contributed by atoms with Crippen molar-refractivity contribution in [1.82, 2.24) is 4.72 Å². The lowest BCUT2D eigenvalue weighted by Gasteiger charge is -2.14. The van der Waals surface area contributed by atoms with Gasteiger partial charge >= 0.3 is 0 Å². The second kappa shape index (κ2) is 7.93. The zero-order valence-electron chi connectivity index (χ0n) is 13.3. The average Bonchev–Trinajstić information content (AvgIpc) is 2.98. The first kappa shape index (κ1) is 19.1. The van der Waals surface area contributed by atoms with Gasteiger partial charge in [-0.15, -0.1) is 23.2 Å². The van der Waals surface area contributed by atoms with E-state index >= 15 is 0 Å². The maximum atomic E-state index is 12.9. The first-order chi connectivity index (χ1) is 12.4. The van der Waals surface area contributed by atoms with E-state index in [0.29, 0.717) is 12.0 Å². The van der Waals surface area contributed by atoms with Gasteiger partial charge in [0.25, 0.3) is 10.0 Å². The molecule has 0 radical (unpaired) electrons. The molecule has 0 aromatic heterocycles. The van der Waals surface area contributed by atoms with Crippen LogP contribution in [0.3, 0.4) is 0 Å². The van der Waals surface area contributed by atoms with Gasteiger partial charge in [-0.3, -0.25) is 9.52 Å². The number of carbonyl (C=O) groups is 1. The van der Waals surface area contributed by atoms with E-state index in [0.717, 1.165) is 11.8 Å². The second-order valence-electron chi connectivity index (χ2n) is 5.42. The Kier molecular flexibility index (Phi) is 5.83. The molecule has 1 aliphatic heterocycles. The smallest absolute Gasteiger partial charge is 0.267 e. The fraction of sp³-hybridized carbons (Fsp3) is 0.167. The summed E-state index contributed by atoms with van der Waals surface area (Å²) < 4.78 is 27.5. The van der Waals surface area contributed by atoms with Crippen molar-refractivity contribution in [3.63, 3.8) is 0 Å². The number of carbonyl (C=O) groups excluding carboxylic acids is 1. The van der Waals surface area contributed by atoms with Gasteiger partial charge in [0.15, 0.2) is 5.78 Å². The lowest BCUT2D eigenvalue weighted by Crippen LogP contribution is -2.26. The maximum absolute atomic E-state index is 12.9. The predicted octanol–water partition coefficient (Wildman–Crippen LogP) is 3.77. The van der Waals surface area contributed by atoms with E-state index in [1.54, 1.807) is 36.4 Å². The minimum Gasteiger partial charge on any atom is -0.289 e. The zero-order valence-corrected chi connectivity index (χ0v) is 16.4. The van der Waals surface area contributed by atoms with Gasteiger partial charge in [-0.05, 0) is 12.5 Å². The Morgan fingerprint density at radius 2 is 1.96 bits per heavy atom. The van der Waals surface area contributed by atoms with Crippen LogP contribution in [0, 0.1) is 11.8 Å². The zero-order chi connectivity index (χ0) is 18.7. The molecular formula is C18H13Cl2NO3S2. The number of nitrogens with one attached hydrogen (secondary N) is 1. The Morgan fingerprint density at radius 3 is 2.62 bits per heavy atom. The van der Waals surface area contributed by atoms with Gasteiger partial charge in [-0.25, -0.2) is 8.42 Å². The first-order valence-corrected chi connectivity index (χ1v) is 10.8. The molecule has 1 aliphatic carbocycles. The molecule has 1 aromatic carbocycles. The van der Waals surface area contributed by atoms with Crippen molar-refractivity contribution in [1.29, 1.82) is 0 Å². The molecule has 4 nitrogen and oxygen atoms in total. The van der Waals surface area contributed by atoms with Crippen LogP contribution in [0.4, 0.5) is 0 Å². The summed E-state index contributed by atoms with van der Waals surface area (Å²) >= 11 is 13.1. The van der Waals surface area contributed by atoms with Crippen LogP contribution in [0.1, 0.15) is 16.8 Å². The minimum atomic E-state index is -3.86. The predicted molar refractivity (Wildman–Crippen MR) is 106 cm³/mol. The van der Waals surface area contributed by atoms with Gasteiger partial charge in [-0.1, -0.05) is 60.0 Å². The van der Waals surface area contributed by atoms with E-state index in [-0.39, 0.29) is 26.0 Å².